The predicted molar refractivity (Wildman–Crippen MR) is 60.8 cm³/mol. The van der Waals surface area contributed by atoms with Crippen LogP contribution >= 0.6 is 15.9 Å². The molecule has 1 aliphatic rings. The van der Waals surface area contributed by atoms with E-state index in [9.17, 15) is 0 Å². The first kappa shape index (κ1) is 9.99. The minimum Gasteiger partial charge on any atom is -0.488 e. The summed E-state index contributed by atoms with van der Waals surface area (Å²) in [6.45, 7) is 4.18. The van der Waals surface area contributed by atoms with Crippen molar-refractivity contribution < 1.29 is 4.74 Å². The van der Waals surface area contributed by atoms with Crippen LogP contribution in [0.4, 0.5) is 0 Å². The topological polar surface area (TPSA) is 21.3 Å². The lowest BCUT2D eigenvalue weighted by Gasteiger charge is -2.13. The standard InChI is InChI=1S/C11H14BrNO/c1-6-4-8-10(5-9(6)12)14-7(2)11(8)13-3/h4-5,7,11,13H,1-3H3. The van der Waals surface area contributed by atoms with Crippen molar-refractivity contribution in [3.63, 3.8) is 0 Å². The maximum Gasteiger partial charge on any atom is 0.125 e. The number of halogens is 1. The Morgan fingerprint density at radius 2 is 2.14 bits per heavy atom. The Balaban J connectivity index is 2.49. The molecule has 0 bridgehead atoms. The van der Waals surface area contributed by atoms with Crippen molar-refractivity contribution in [1.82, 2.24) is 5.32 Å². The summed E-state index contributed by atoms with van der Waals surface area (Å²) in [5.41, 5.74) is 2.52. The molecule has 0 aromatic heterocycles. The third-order valence-corrected chi connectivity index (χ3v) is 3.57. The molecule has 1 aliphatic heterocycles. The van der Waals surface area contributed by atoms with Gasteiger partial charge >= 0.3 is 0 Å². The van der Waals surface area contributed by atoms with Crippen LogP contribution in [0.15, 0.2) is 16.6 Å². The second-order valence-electron chi connectivity index (χ2n) is 3.73. The highest BCUT2D eigenvalue weighted by atomic mass is 79.9. The highest BCUT2D eigenvalue weighted by Crippen LogP contribution is 2.39. The Hall–Kier alpha value is -0.540. The SMILES string of the molecule is CNC1c2cc(C)c(Br)cc2OC1C. The Kier molecular flexibility index (Phi) is 2.54. The highest BCUT2D eigenvalue weighted by Gasteiger charge is 2.30. The summed E-state index contributed by atoms with van der Waals surface area (Å²) >= 11 is 3.51. The summed E-state index contributed by atoms with van der Waals surface area (Å²) in [4.78, 5) is 0. The zero-order valence-electron chi connectivity index (χ0n) is 8.60. The molecule has 3 heteroatoms. The van der Waals surface area contributed by atoms with E-state index in [2.05, 4.69) is 47.2 Å². The van der Waals surface area contributed by atoms with Gasteiger partial charge in [-0.05, 0) is 38.6 Å². The van der Waals surface area contributed by atoms with Crippen LogP contribution < -0.4 is 10.1 Å². The van der Waals surface area contributed by atoms with Gasteiger partial charge in [-0.15, -0.1) is 0 Å². The number of hydrogen-bond acceptors (Lipinski definition) is 2. The molecule has 2 nitrogen and oxygen atoms in total. The van der Waals surface area contributed by atoms with Gasteiger partial charge in [0.1, 0.15) is 11.9 Å². The van der Waals surface area contributed by atoms with E-state index in [4.69, 9.17) is 4.74 Å². The lowest BCUT2D eigenvalue weighted by molar-refractivity contribution is 0.214. The number of benzene rings is 1. The highest BCUT2D eigenvalue weighted by molar-refractivity contribution is 9.10. The van der Waals surface area contributed by atoms with Gasteiger partial charge in [-0.25, -0.2) is 0 Å². The van der Waals surface area contributed by atoms with Gasteiger partial charge in [0.25, 0.3) is 0 Å². The first-order valence-corrected chi connectivity index (χ1v) is 5.56. The smallest absolute Gasteiger partial charge is 0.125 e. The number of likely N-dealkylation sites (N-methyl/N-ethyl adjacent to an activating group) is 1. The van der Waals surface area contributed by atoms with E-state index in [0.717, 1.165) is 10.2 Å². The molecule has 0 spiro atoms. The van der Waals surface area contributed by atoms with Gasteiger partial charge in [0.05, 0.1) is 6.04 Å². The quantitative estimate of drug-likeness (QED) is 0.834. The third kappa shape index (κ3) is 1.44. The largest absolute Gasteiger partial charge is 0.488 e. The predicted octanol–water partition coefficient (Wildman–Crippen LogP) is 2.80. The van der Waals surface area contributed by atoms with E-state index in [-0.39, 0.29) is 6.10 Å². The van der Waals surface area contributed by atoms with Crippen LogP contribution in [0.25, 0.3) is 0 Å². The van der Waals surface area contributed by atoms with Crippen LogP contribution in [-0.2, 0) is 0 Å². The van der Waals surface area contributed by atoms with Gasteiger partial charge in [-0.2, -0.15) is 0 Å². The zero-order chi connectivity index (χ0) is 10.3. The molecule has 1 N–H and O–H groups in total. The van der Waals surface area contributed by atoms with Gasteiger partial charge in [0.2, 0.25) is 0 Å². The summed E-state index contributed by atoms with van der Waals surface area (Å²) in [5.74, 6) is 0.995. The Labute approximate surface area is 92.8 Å². The average molecular weight is 256 g/mol. The van der Waals surface area contributed by atoms with Gasteiger partial charge in [-0.3, -0.25) is 0 Å². The molecule has 1 heterocycles. The maximum absolute atomic E-state index is 5.75. The maximum atomic E-state index is 5.75. The van der Waals surface area contributed by atoms with E-state index < -0.39 is 0 Å². The first-order chi connectivity index (χ1) is 6.63. The van der Waals surface area contributed by atoms with E-state index >= 15 is 0 Å². The molecule has 0 fully saturated rings. The molecule has 2 atom stereocenters. The molecule has 0 aliphatic carbocycles. The molecule has 14 heavy (non-hydrogen) atoms. The molecular weight excluding hydrogens is 242 g/mol. The molecule has 1 aromatic rings. The summed E-state index contributed by atoms with van der Waals surface area (Å²) in [6, 6.07) is 4.56. The van der Waals surface area contributed by atoms with Crippen LogP contribution in [0.5, 0.6) is 5.75 Å². The lowest BCUT2D eigenvalue weighted by Crippen LogP contribution is -2.25. The third-order valence-electron chi connectivity index (χ3n) is 2.72. The molecule has 2 unspecified atom stereocenters. The second-order valence-corrected chi connectivity index (χ2v) is 4.58. The average Bonchev–Trinajstić information content (AvgIpc) is 2.42. The van der Waals surface area contributed by atoms with Crippen LogP contribution in [0.3, 0.4) is 0 Å². The van der Waals surface area contributed by atoms with Crippen LogP contribution in [-0.4, -0.2) is 13.2 Å². The van der Waals surface area contributed by atoms with E-state index in [1.807, 2.05) is 7.05 Å². The monoisotopic (exact) mass is 255 g/mol. The summed E-state index contributed by atoms with van der Waals surface area (Å²) in [5, 5.41) is 3.28. The molecule has 2 rings (SSSR count). The molecule has 0 saturated heterocycles. The van der Waals surface area contributed by atoms with Gasteiger partial charge in [-0.1, -0.05) is 15.9 Å². The van der Waals surface area contributed by atoms with E-state index in [1.54, 1.807) is 0 Å². The van der Waals surface area contributed by atoms with Crippen molar-refractivity contribution in [2.75, 3.05) is 7.05 Å². The number of aryl methyl sites for hydroxylation is 1. The molecule has 0 saturated carbocycles. The minimum atomic E-state index is 0.212. The van der Waals surface area contributed by atoms with Crippen molar-refractivity contribution in [3.8, 4) is 5.75 Å². The molecular formula is C11H14BrNO. The second kappa shape index (κ2) is 3.55. The van der Waals surface area contributed by atoms with Crippen molar-refractivity contribution in [2.45, 2.75) is 26.0 Å². The van der Waals surface area contributed by atoms with Gasteiger partial charge in [0, 0.05) is 10.0 Å². The summed E-state index contributed by atoms with van der Waals surface area (Å²) in [7, 11) is 1.97. The summed E-state index contributed by atoms with van der Waals surface area (Å²) in [6.07, 6.45) is 0.212. The van der Waals surface area contributed by atoms with Crippen LogP contribution in [0.1, 0.15) is 24.1 Å². The fourth-order valence-electron chi connectivity index (χ4n) is 1.94. The zero-order valence-corrected chi connectivity index (χ0v) is 10.2. The van der Waals surface area contributed by atoms with Gasteiger partial charge in [0.15, 0.2) is 0 Å². The number of fused-ring (bicyclic) bond motifs is 1. The number of nitrogens with one attached hydrogen (secondary N) is 1. The Morgan fingerprint density at radius 3 is 2.79 bits per heavy atom. The summed E-state index contributed by atoms with van der Waals surface area (Å²) < 4.78 is 6.86. The fraction of sp³-hybridized carbons (Fsp3) is 0.455. The number of ether oxygens (including phenoxy) is 1. The fourth-order valence-corrected chi connectivity index (χ4v) is 2.26. The van der Waals surface area contributed by atoms with Gasteiger partial charge < -0.3 is 10.1 Å². The van der Waals surface area contributed by atoms with Crippen molar-refractivity contribution in [1.29, 1.82) is 0 Å². The molecule has 1 aromatic carbocycles. The van der Waals surface area contributed by atoms with Crippen LogP contribution in [0, 0.1) is 6.92 Å². The van der Waals surface area contributed by atoms with Crippen molar-refractivity contribution in [2.24, 2.45) is 0 Å². The number of hydrogen-bond donors (Lipinski definition) is 1. The normalized spacial score (nSPS) is 24.6. The minimum absolute atomic E-state index is 0.212. The molecule has 0 radical (unpaired) electrons. The van der Waals surface area contributed by atoms with E-state index in [1.165, 1.54) is 11.1 Å². The van der Waals surface area contributed by atoms with E-state index in [0.29, 0.717) is 6.04 Å². The van der Waals surface area contributed by atoms with Crippen molar-refractivity contribution in [3.05, 3.63) is 27.7 Å². The number of rotatable bonds is 1. The first-order valence-electron chi connectivity index (χ1n) is 4.77. The lowest BCUT2D eigenvalue weighted by atomic mass is 10.0. The molecule has 76 valence electrons. The molecule has 0 amide bonds. The Morgan fingerprint density at radius 1 is 1.43 bits per heavy atom. The Bertz CT molecular complexity index is 365. The van der Waals surface area contributed by atoms with Crippen molar-refractivity contribution >= 4 is 15.9 Å². The van der Waals surface area contributed by atoms with Crippen LogP contribution in [0.2, 0.25) is 0 Å².